The first kappa shape index (κ1) is 10.7. The van der Waals surface area contributed by atoms with E-state index in [9.17, 15) is 4.79 Å². The van der Waals surface area contributed by atoms with Crippen molar-refractivity contribution in [2.45, 2.75) is 11.4 Å². The predicted molar refractivity (Wildman–Crippen MR) is 68.1 cm³/mol. The van der Waals surface area contributed by atoms with Gasteiger partial charge in [0.1, 0.15) is 6.04 Å². The third kappa shape index (κ3) is 1.81. The number of aromatic amines is 1. The van der Waals surface area contributed by atoms with Crippen LogP contribution >= 0.6 is 11.8 Å². The third-order valence-electron chi connectivity index (χ3n) is 2.98. The number of rotatable bonds is 2. The van der Waals surface area contributed by atoms with E-state index < -0.39 is 12.0 Å². The Labute approximate surface area is 102 Å². The van der Waals surface area contributed by atoms with Crippen LogP contribution in [-0.4, -0.2) is 27.9 Å². The van der Waals surface area contributed by atoms with Gasteiger partial charge < -0.3 is 10.1 Å². The van der Waals surface area contributed by atoms with Crippen molar-refractivity contribution >= 4 is 28.6 Å². The van der Waals surface area contributed by atoms with Crippen LogP contribution in [0.3, 0.4) is 0 Å². The highest BCUT2D eigenvalue weighted by Crippen LogP contribution is 2.36. The quantitative estimate of drug-likeness (QED) is 0.760. The SMILES string of the molecule is O=C(O)[C@H]1CS[C@H](c2c[nH]c3ccccc23)N1. The highest BCUT2D eigenvalue weighted by atomic mass is 32.2. The van der Waals surface area contributed by atoms with Gasteiger partial charge in [0.2, 0.25) is 0 Å². The van der Waals surface area contributed by atoms with Gasteiger partial charge in [-0.05, 0) is 6.07 Å². The van der Waals surface area contributed by atoms with Crippen molar-refractivity contribution < 1.29 is 9.90 Å². The van der Waals surface area contributed by atoms with Crippen LogP contribution in [0.1, 0.15) is 10.9 Å². The number of fused-ring (bicyclic) bond motifs is 1. The lowest BCUT2D eigenvalue weighted by molar-refractivity contribution is -0.138. The maximum Gasteiger partial charge on any atom is 0.321 e. The van der Waals surface area contributed by atoms with Gasteiger partial charge in [-0.25, -0.2) is 0 Å². The zero-order valence-electron chi connectivity index (χ0n) is 9.01. The second-order valence-corrected chi connectivity index (χ2v) is 5.20. The first-order chi connectivity index (χ1) is 8.25. The summed E-state index contributed by atoms with van der Waals surface area (Å²) in [5, 5.41) is 13.3. The molecule has 0 radical (unpaired) electrons. The average Bonchev–Trinajstić information content (AvgIpc) is 2.95. The highest BCUT2D eigenvalue weighted by Gasteiger charge is 2.31. The van der Waals surface area contributed by atoms with Crippen molar-refractivity contribution in [1.29, 1.82) is 0 Å². The normalized spacial score (nSPS) is 24.2. The van der Waals surface area contributed by atoms with Gasteiger partial charge in [0, 0.05) is 28.4 Å². The van der Waals surface area contributed by atoms with Gasteiger partial charge in [-0.15, -0.1) is 11.8 Å². The van der Waals surface area contributed by atoms with E-state index in [2.05, 4.69) is 16.4 Å². The molecule has 17 heavy (non-hydrogen) atoms. The van der Waals surface area contributed by atoms with Crippen molar-refractivity contribution in [2.24, 2.45) is 0 Å². The summed E-state index contributed by atoms with van der Waals surface area (Å²) in [4.78, 5) is 14.1. The summed E-state index contributed by atoms with van der Waals surface area (Å²) in [6, 6.07) is 7.61. The number of hydrogen-bond acceptors (Lipinski definition) is 3. The van der Waals surface area contributed by atoms with Gasteiger partial charge in [0.15, 0.2) is 0 Å². The zero-order valence-corrected chi connectivity index (χ0v) is 9.83. The van der Waals surface area contributed by atoms with Crippen LogP contribution in [0.15, 0.2) is 30.5 Å². The summed E-state index contributed by atoms with van der Waals surface area (Å²) in [6.45, 7) is 0. The van der Waals surface area contributed by atoms with Gasteiger partial charge in [-0.3, -0.25) is 10.1 Å². The fourth-order valence-electron chi connectivity index (χ4n) is 2.10. The van der Waals surface area contributed by atoms with Crippen LogP contribution < -0.4 is 5.32 Å². The smallest absolute Gasteiger partial charge is 0.321 e. The van der Waals surface area contributed by atoms with Crippen LogP contribution in [0.4, 0.5) is 0 Å². The summed E-state index contributed by atoms with van der Waals surface area (Å²) < 4.78 is 0. The number of nitrogens with one attached hydrogen (secondary N) is 2. The lowest BCUT2D eigenvalue weighted by Crippen LogP contribution is -2.33. The fourth-order valence-corrected chi connectivity index (χ4v) is 3.36. The third-order valence-corrected chi connectivity index (χ3v) is 4.23. The molecule has 1 aliphatic rings. The summed E-state index contributed by atoms with van der Waals surface area (Å²) in [5.41, 5.74) is 2.22. The molecule has 5 heteroatoms. The zero-order chi connectivity index (χ0) is 11.8. The van der Waals surface area contributed by atoms with Crippen LogP contribution in [-0.2, 0) is 4.79 Å². The van der Waals surface area contributed by atoms with E-state index in [4.69, 9.17) is 5.11 Å². The molecule has 3 rings (SSSR count). The van der Waals surface area contributed by atoms with Gasteiger partial charge >= 0.3 is 5.97 Å². The molecule has 1 aliphatic heterocycles. The monoisotopic (exact) mass is 248 g/mol. The Morgan fingerprint density at radius 2 is 2.24 bits per heavy atom. The minimum Gasteiger partial charge on any atom is -0.480 e. The fraction of sp³-hybridized carbons (Fsp3) is 0.250. The number of hydrogen-bond donors (Lipinski definition) is 3. The molecule has 2 atom stereocenters. The summed E-state index contributed by atoms with van der Waals surface area (Å²) in [5.74, 6) is -0.167. The molecule has 1 fully saturated rings. The lowest BCUT2D eigenvalue weighted by atomic mass is 10.1. The molecule has 88 valence electrons. The second kappa shape index (κ2) is 4.09. The first-order valence-electron chi connectivity index (χ1n) is 5.42. The molecule has 0 spiro atoms. The number of benzene rings is 1. The Hall–Kier alpha value is -1.46. The molecule has 1 aromatic heterocycles. The largest absolute Gasteiger partial charge is 0.480 e. The molecule has 1 aromatic carbocycles. The van der Waals surface area contributed by atoms with Crippen molar-refractivity contribution in [3.63, 3.8) is 0 Å². The van der Waals surface area contributed by atoms with Crippen molar-refractivity contribution in [3.05, 3.63) is 36.0 Å². The molecule has 0 aliphatic carbocycles. The van der Waals surface area contributed by atoms with E-state index in [1.165, 1.54) is 0 Å². The molecule has 1 saturated heterocycles. The highest BCUT2D eigenvalue weighted by molar-refractivity contribution is 7.99. The molecule has 2 aromatic rings. The lowest BCUT2D eigenvalue weighted by Gasteiger charge is -2.09. The molecule has 0 bridgehead atoms. The number of aromatic nitrogens is 1. The van der Waals surface area contributed by atoms with Crippen LogP contribution in [0, 0.1) is 0 Å². The van der Waals surface area contributed by atoms with E-state index in [1.807, 2.05) is 24.4 Å². The van der Waals surface area contributed by atoms with Gasteiger partial charge in [-0.1, -0.05) is 18.2 Å². The average molecular weight is 248 g/mol. The van der Waals surface area contributed by atoms with E-state index in [-0.39, 0.29) is 5.37 Å². The van der Waals surface area contributed by atoms with E-state index >= 15 is 0 Å². The minimum atomic E-state index is -0.778. The Morgan fingerprint density at radius 3 is 3.00 bits per heavy atom. The van der Waals surface area contributed by atoms with Crippen molar-refractivity contribution in [1.82, 2.24) is 10.3 Å². The number of carboxylic acids is 1. The number of carboxylic acid groups (broad SMARTS) is 1. The molecule has 0 unspecified atom stereocenters. The van der Waals surface area contributed by atoms with E-state index in [1.54, 1.807) is 11.8 Å². The minimum absolute atomic E-state index is 0.0623. The molecule has 0 amide bonds. The van der Waals surface area contributed by atoms with E-state index in [0.29, 0.717) is 5.75 Å². The number of para-hydroxylation sites is 1. The van der Waals surface area contributed by atoms with Gasteiger partial charge in [-0.2, -0.15) is 0 Å². The molecule has 0 saturated carbocycles. The summed E-state index contributed by atoms with van der Waals surface area (Å²) >= 11 is 1.64. The number of H-pyrrole nitrogens is 1. The predicted octanol–water partition coefficient (Wildman–Crippen LogP) is 1.96. The first-order valence-corrected chi connectivity index (χ1v) is 6.47. The molecule has 3 N–H and O–H groups in total. The van der Waals surface area contributed by atoms with E-state index in [0.717, 1.165) is 16.5 Å². The van der Waals surface area contributed by atoms with Crippen molar-refractivity contribution in [3.8, 4) is 0 Å². The van der Waals surface area contributed by atoms with Gasteiger partial charge in [0.05, 0.1) is 5.37 Å². The molecule has 4 nitrogen and oxygen atoms in total. The van der Waals surface area contributed by atoms with Gasteiger partial charge in [0.25, 0.3) is 0 Å². The number of aliphatic carboxylic acids is 1. The van der Waals surface area contributed by atoms with Crippen LogP contribution in [0.25, 0.3) is 10.9 Å². The molecular weight excluding hydrogens is 236 g/mol. The molecular formula is C12H12N2O2S. The summed E-state index contributed by atoms with van der Waals surface area (Å²) in [6.07, 6.45) is 1.96. The maximum absolute atomic E-state index is 10.9. The Balaban J connectivity index is 1.93. The Morgan fingerprint density at radius 1 is 1.41 bits per heavy atom. The maximum atomic E-state index is 10.9. The van der Waals surface area contributed by atoms with Crippen LogP contribution in [0.5, 0.6) is 0 Å². The summed E-state index contributed by atoms with van der Waals surface area (Å²) in [7, 11) is 0. The van der Waals surface area contributed by atoms with Crippen molar-refractivity contribution in [2.75, 3.05) is 5.75 Å². The standard InChI is InChI=1S/C12H12N2O2S/c15-12(16)10-6-17-11(14-10)8-5-13-9-4-2-1-3-7(8)9/h1-5,10-11,13-14H,6H2,(H,15,16)/t10-,11-/m1/s1. The second-order valence-electron chi connectivity index (χ2n) is 4.06. The Kier molecular flexibility index (Phi) is 2.57. The number of carbonyl (C=O) groups is 1. The molecule has 2 heterocycles. The topological polar surface area (TPSA) is 65.1 Å². The number of thioether (sulfide) groups is 1. The van der Waals surface area contributed by atoms with Crippen LogP contribution in [0.2, 0.25) is 0 Å². The Bertz CT molecular complexity index is 566.